The molecule has 0 aliphatic carbocycles. The fourth-order valence-corrected chi connectivity index (χ4v) is 1.35. The second-order valence-electron chi connectivity index (χ2n) is 3.51. The molecule has 0 radical (unpaired) electrons. The summed E-state index contributed by atoms with van der Waals surface area (Å²) in [4.78, 5) is 23.7. The number of nitrogens with zero attached hydrogens (tertiary/aromatic N) is 1. The number of rotatable bonds is 3. The first-order chi connectivity index (χ1) is 6.11. The van der Waals surface area contributed by atoms with Gasteiger partial charge in [0, 0.05) is 19.4 Å². The van der Waals surface area contributed by atoms with Gasteiger partial charge in [0.2, 0.25) is 11.8 Å². The van der Waals surface area contributed by atoms with E-state index in [1.807, 2.05) is 19.9 Å². The minimum absolute atomic E-state index is 0.0212. The first-order valence-corrected chi connectivity index (χ1v) is 4.58. The number of allylic oxidation sites excluding steroid dienone is 1. The standard InChI is InChI=1S/C10H15NO2/c1-8(2)4-3-7-11-9(12)5-6-10(11)13/h4H,3,5-7H2,1-2H3. The minimum atomic E-state index is -0.0212. The molecule has 0 aromatic carbocycles. The van der Waals surface area contributed by atoms with Crippen LogP contribution in [0.2, 0.25) is 0 Å². The molecule has 72 valence electrons. The summed E-state index contributed by atoms with van der Waals surface area (Å²) < 4.78 is 0. The van der Waals surface area contributed by atoms with Crippen LogP contribution >= 0.6 is 0 Å². The predicted molar refractivity (Wildman–Crippen MR) is 50.0 cm³/mol. The Hall–Kier alpha value is -1.12. The summed E-state index contributed by atoms with van der Waals surface area (Å²) in [5.41, 5.74) is 1.22. The highest BCUT2D eigenvalue weighted by Gasteiger charge is 2.27. The molecule has 2 amide bonds. The maximum Gasteiger partial charge on any atom is 0.229 e. The van der Waals surface area contributed by atoms with Crippen molar-refractivity contribution in [3.63, 3.8) is 0 Å². The number of carbonyl (C=O) groups excluding carboxylic acids is 2. The summed E-state index contributed by atoms with van der Waals surface area (Å²) in [6.45, 7) is 4.56. The number of hydrogen-bond acceptors (Lipinski definition) is 2. The van der Waals surface area contributed by atoms with Gasteiger partial charge in [0.15, 0.2) is 0 Å². The van der Waals surface area contributed by atoms with Crippen LogP contribution in [-0.4, -0.2) is 23.3 Å². The van der Waals surface area contributed by atoms with E-state index in [9.17, 15) is 9.59 Å². The third-order valence-corrected chi connectivity index (χ3v) is 2.06. The molecule has 3 nitrogen and oxygen atoms in total. The minimum Gasteiger partial charge on any atom is -0.282 e. The van der Waals surface area contributed by atoms with E-state index < -0.39 is 0 Å². The summed E-state index contributed by atoms with van der Waals surface area (Å²) in [7, 11) is 0. The highest BCUT2D eigenvalue weighted by Crippen LogP contribution is 2.12. The monoisotopic (exact) mass is 181 g/mol. The van der Waals surface area contributed by atoms with Crippen LogP contribution in [-0.2, 0) is 9.59 Å². The van der Waals surface area contributed by atoms with Gasteiger partial charge in [0.1, 0.15) is 0 Å². The number of hydrogen-bond donors (Lipinski definition) is 0. The molecule has 1 rings (SSSR count). The summed E-state index contributed by atoms with van der Waals surface area (Å²) >= 11 is 0. The largest absolute Gasteiger partial charge is 0.282 e. The molecule has 1 saturated heterocycles. The maximum absolute atomic E-state index is 11.1. The number of imide groups is 1. The van der Waals surface area contributed by atoms with Crippen LogP contribution < -0.4 is 0 Å². The lowest BCUT2D eigenvalue weighted by Crippen LogP contribution is -2.29. The molecule has 1 aliphatic heterocycles. The maximum atomic E-state index is 11.1. The van der Waals surface area contributed by atoms with Crippen molar-refractivity contribution in [2.24, 2.45) is 0 Å². The molecule has 0 atom stereocenters. The Morgan fingerprint density at radius 1 is 1.31 bits per heavy atom. The van der Waals surface area contributed by atoms with Gasteiger partial charge in [0.05, 0.1) is 0 Å². The summed E-state index contributed by atoms with van der Waals surface area (Å²) in [5, 5.41) is 0. The van der Waals surface area contributed by atoms with Gasteiger partial charge in [-0.05, 0) is 20.3 Å². The fourth-order valence-electron chi connectivity index (χ4n) is 1.35. The van der Waals surface area contributed by atoms with Gasteiger partial charge in [-0.2, -0.15) is 0 Å². The van der Waals surface area contributed by atoms with E-state index >= 15 is 0 Å². The molecule has 1 heterocycles. The Balaban J connectivity index is 2.40. The van der Waals surface area contributed by atoms with Gasteiger partial charge in [-0.3, -0.25) is 14.5 Å². The van der Waals surface area contributed by atoms with Crippen molar-refractivity contribution in [3.8, 4) is 0 Å². The summed E-state index contributed by atoms with van der Waals surface area (Å²) in [5.74, 6) is -0.0423. The van der Waals surface area contributed by atoms with Crippen LogP contribution in [0.15, 0.2) is 11.6 Å². The van der Waals surface area contributed by atoms with Crippen molar-refractivity contribution in [2.75, 3.05) is 6.54 Å². The van der Waals surface area contributed by atoms with E-state index in [0.717, 1.165) is 6.42 Å². The molecule has 3 heteroatoms. The van der Waals surface area contributed by atoms with Crippen LogP contribution in [0.25, 0.3) is 0 Å². The van der Waals surface area contributed by atoms with E-state index in [1.165, 1.54) is 10.5 Å². The zero-order chi connectivity index (χ0) is 9.84. The van der Waals surface area contributed by atoms with Gasteiger partial charge < -0.3 is 0 Å². The molecule has 13 heavy (non-hydrogen) atoms. The van der Waals surface area contributed by atoms with Crippen LogP contribution in [0, 0.1) is 0 Å². The first-order valence-electron chi connectivity index (χ1n) is 4.58. The third-order valence-electron chi connectivity index (χ3n) is 2.06. The Kier molecular flexibility index (Phi) is 3.23. The SMILES string of the molecule is CC(C)=CCCN1C(=O)CCC1=O. The van der Waals surface area contributed by atoms with Gasteiger partial charge in [-0.15, -0.1) is 0 Å². The van der Waals surface area contributed by atoms with Gasteiger partial charge in [-0.25, -0.2) is 0 Å². The molecular formula is C10H15NO2. The lowest BCUT2D eigenvalue weighted by atomic mass is 10.2. The van der Waals surface area contributed by atoms with Crippen molar-refractivity contribution >= 4 is 11.8 Å². The number of carbonyl (C=O) groups is 2. The molecule has 0 spiro atoms. The first kappa shape index (κ1) is 9.96. The van der Waals surface area contributed by atoms with E-state index in [0.29, 0.717) is 19.4 Å². The second-order valence-corrected chi connectivity index (χ2v) is 3.51. The van der Waals surface area contributed by atoms with E-state index in [-0.39, 0.29) is 11.8 Å². The van der Waals surface area contributed by atoms with Crippen LogP contribution in [0.1, 0.15) is 33.1 Å². The van der Waals surface area contributed by atoms with E-state index in [1.54, 1.807) is 0 Å². The Morgan fingerprint density at radius 3 is 2.31 bits per heavy atom. The molecule has 0 aromatic rings. The summed E-state index contributed by atoms with van der Waals surface area (Å²) in [6, 6.07) is 0. The van der Waals surface area contributed by atoms with Crippen molar-refractivity contribution in [1.82, 2.24) is 4.90 Å². The highest BCUT2D eigenvalue weighted by molar-refractivity contribution is 6.01. The molecule has 0 N–H and O–H groups in total. The predicted octanol–water partition coefficient (Wildman–Crippen LogP) is 1.49. The average Bonchev–Trinajstić information content (AvgIpc) is 2.34. The van der Waals surface area contributed by atoms with Gasteiger partial charge in [0.25, 0.3) is 0 Å². The Morgan fingerprint density at radius 2 is 1.85 bits per heavy atom. The fraction of sp³-hybridized carbons (Fsp3) is 0.600. The van der Waals surface area contributed by atoms with Crippen molar-refractivity contribution in [2.45, 2.75) is 33.1 Å². The summed E-state index contributed by atoms with van der Waals surface area (Å²) in [6.07, 6.45) is 3.61. The smallest absolute Gasteiger partial charge is 0.229 e. The highest BCUT2D eigenvalue weighted by atomic mass is 16.2. The third kappa shape index (κ3) is 2.68. The van der Waals surface area contributed by atoms with Gasteiger partial charge in [-0.1, -0.05) is 11.6 Å². The zero-order valence-electron chi connectivity index (χ0n) is 8.17. The molecule has 1 fully saturated rings. The molecule has 0 aromatic heterocycles. The molecular weight excluding hydrogens is 166 g/mol. The van der Waals surface area contributed by atoms with E-state index in [2.05, 4.69) is 0 Å². The lowest BCUT2D eigenvalue weighted by Gasteiger charge is -2.11. The zero-order valence-corrected chi connectivity index (χ0v) is 8.17. The van der Waals surface area contributed by atoms with Crippen molar-refractivity contribution in [1.29, 1.82) is 0 Å². The normalized spacial score (nSPS) is 16.6. The Bertz CT molecular complexity index is 236. The van der Waals surface area contributed by atoms with Crippen molar-refractivity contribution < 1.29 is 9.59 Å². The van der Waals surface area contributed by atoms with Crippen LogP contribution in [0.3, 0.4) is 0 Å². The second kappa shape index (κ2) is 4.21. The van der Waals surface area contributed by atoms with Gasteiger partial charge >= 0.3 is 0 Å². The average molecular weight is 181 g/mol. The lowest BCUT2D eigenvalue weighted by molar-refractivity contribution is -0.138. The Labute approximate surface area is 78.4 Å². The van der Waals surface area contributed by atoms with E-state index in [4.69, 9.17) is 0 Å². The molecule has 0 unspecified atom stereocenters. The number of amides is 2. The molecule has 0 saturated carbocycles. The number of likely N-dealkylation sites (tertiary alicyclic amines) is 1. The quantitative estimate of drug-likeness (QED) is 0.488. The molecule has 1 aliphatic rings. The van der Waals surface area contributed by atoms with Crippen LogP contribution in [0.4, 0.5) is 0 Å². The van der Waals surface area contributed by atoms with Crippen LogP contribution in [0.5, 0.6) is 0 Å². The molecule has 0 bridgehead atoms. The topological polar surface area (TPSA) is 37.4 Å². The van der Waals surface area contributed by atoms with Crippen molar-refractivity contribution in [3.05, 3.63) is 11.6 Å².